The van der Waals surface area contributed by atoms with Crippen LogP contribution >= 0.6 is 0 Å². The molecule has 0 aromatic heterocycles. The normalized spacial score (nSPS) is 19.2. The van der Waals surface area contributed by atoms with Gasteiger partial charge in [0.1, 0.15) is 5.78 Å². The Balaban J connectivity index is 0.0000483. The van der Waals surface area contributed by atoms with Crippen LogP contribution in [-0.4, -0.2) is 580 Å². The number of ketones is 2. The minimum absolute atomic E-state index is 0. The van der Waals surface area contributed by atoms with E-state index in [4.69, 9.17) is 0 Å². The Labute approximate surface area is 941 Å². The number of amides is 5. The predicted octanol–water partition coefficient (Wildman–Crippen LogP) is -18.7. The summed E-state index contributed by atoms with van der Waals surface area (Å²) in [5.41, 5.74) is -1.53. The van der Waals surface area contributed by atoms with Gasteiger partial charge in [-0.05, 0) is 34.1 Å². The van der Waals surface area contributed by atoms with E-state index in [2.05, 4.69) is 31.9 Å². The number of carbonyl (C=O) groups is 19. The van der Waals surface area contributed by atoms with Gasteiger partial charge in [-0.3, -0.25) is 141 Å². The Morgan fingerprint density at radius 1 is 0.250 bits per heavy atom. The number of nitrogens with one attached hydrogen (secondary N) is 6. The summed E-state index contributed by atoms with van der Waals surface area (Å²) in [5.74, 6) is -20.5. The molecule has 5 amide bonds. The van der Waals surface area contributed by atoms with Crippen LogP contribution in [0.25, 0.3) is 0 Å². The summed E-state index contributed by atoms with van der Waals surface area (Å²) < 4.78 is 0. The largest absolute Gasteiger partial charge is 3.00 e. The molecule has 0 aliphatic carbocycles. The quantitative estimate of drug-likeness (QED) is 0.0252. The molecule has 4 rings (SSSR count). The van der Waals surface area contributed by atoms with Gasteiger partial charge in [-0.15, -0.1) is 0 Å². The van der Waals surface area contributed by atoms with Gasteiger partial charge in [0.25, 0.3) is 0 Å². The molecule has 792 valence electrons. The number of carbonyl (C=O) groups excluding carboxylic acids is 13. The van der Waals surface area contributed by atoms with Crippen LogP contribution < -0.4 is 62.5 Å². The van der Waals surface area contributed by atoms with Gasteiger partial charge in [0, 0.05) is 306 Å². The van der Waals surface area contributed by atoms with E-state index in [9.17, 15) is 152 Å². The van der Waals surface area contributed by atoms with Gasteiger partial charge in [0.2, 0.25) is 29.5 Å². The van der Waals surface area contributed by atoms with Crippen LogP contribution in [0.5, 0.6) is 0 Å². The molecular weight excluding hydrogens is 2430 g/mol. The number of hydrogen-bond donors (Lipinski definition) is 12. The molecule has 5 atom stereocenters. The standard InChI is InChI=1S/C83H144N22O31.4Gd/c1-60(102-35-27-94(49-72(118)119)19-11-90(45-68(110)111)12-20-95(28-36-102)50-73(120)121)65(107)5-6-66(108)88-58-83(57-84-9-10-85-80(134)61(2)103-37-29-96(51-74(122)123)21-13-91(46-69(112)113)14-22-97(30-38-103)52-75(124)125,8-7-64(106)43-86-81(135)62(3)104-39-31-98(53-76(126)127)23-15-92(47-70(114)115)16-24-99(32-40-104)54-77(128)129)59-89-67(109)44-87-82(136)63(4)105-41-33-100(55-78(130)131)25-17-93(48-71(116)117)18-26-101(34-42-105)56-79(132)133;;;;/h60-63,84H,5-59H2,1-4H3,(H,85,134)(H,86,135)(H,87,136)(H,88,108)(H,89,109)(H,110,111)(H,112,113)(H,114,115)(H,116,117)(H,118,119)(H,120,121)(H,122,123)(H,124,125)(H,126,127)(H,128,129)(H,130,131)(H,132,133);;;;/q;4*+3/p-6. The Kier molecular flexibility index (Phi) is 71.3. The summed E-state index contributed by atoms with van der Waals surface area (Å²) in [6, 6.07) is -4.18. The topological polar surface area (TPSA) is 708 Å². The van der Waals surface area contributed by atoms with E-state index in [1.54, 1.807) is 48.1 Å². The molecule has 4 aliphatic rings. The van der Waals surface area contributed by atoms with Gasteiger partial charge in [0.15, 0.2) is 5.78 Å². The summed E-state index contributed by atoms with van der Waals surface area (Å²) in [5, 5.41) is 147. The fourth-order valence-corrected chi connectivity index (χ4v) is 16.1. The van der Waals surface area contributed by atoms with E-state index in [0.29, 0.717) is 0 Å². The molecule has 4 fully saturated rings. The molecule has 0 aromatic rings. The second-order valence-electron chi connectivity index (χ2n) is 34.7. The minimum Gasteiger partial charge on any atom is -0.549 e. The molecule has 4 aliphatic heterocycles. The number of nitrogens with zero attached hydrogens (tertiary/aromatic N) is 16. The Morgan fingerprint density at radius 2 is 0.464 bits per heavy atom. The van der Waals surface area contributed by atoms with Crippen LogP contribution in [0.3, 0.4) is 0 Å². The first-order valence-electron chi connectivity index (χ1n) is 45.5. The fraction of sp³-hybridized carbons (Fsp3) is 0.771. The van der Waals surface area contributed by atoms with E-state index in [-0.39, 0.29) is 395 Å². The molecule has 4 saturated heterocycles. The van der Waals surface area contributed by atoms with Gasteiger partial charge in [-0.1, -0.05) is 0 Å². The third-order valence-corrected chi connectivity index (χ3v) is 24.4. The fourth-order valence-electron chi connectivity index (χ4n) is 16.1. The molecule has 0 bridgehead atoms. The Morgan fingerprint density at radius 3 is 0.707 bits per heavy atom. The zero-order chi connectivity index (χ0) is 101. The van der Waals surface area contributed by atoms with E-state index >= 15 is 0 Å². The van der Waals surface area contributed by atoms with Crippen LogP contribution in [0, 0.1) is 165 Å². The average molecular weight is 2570 g/mol. The van der Waals surface area contributed by atoms with Crippen LogP contribution in [0.1, 0.15) is 53.4 Å². The first kappa shape index (κ1) is 135. The molecule has 57 heteroatoms. The Hall–Kier alpha value is -5.05. The van der Waals surface area contributed by atoms with Crippen molar-refractivity contribution in [2.24, 2.45) is 5.41 Å². The molecule has 53 nitrogen and oxygen atoms in total. The Bertz CT molecular complexity index is 3520. The number of rotatable bonds is 51. The van der Waals surface area contributed by atoms with E-state index in [1.165, 1.54) is 57.9 Å². The third-order valence-electron chi connectivity index (χ3n) is 24.4. The molecule has 4 heterocycles. The van der Waals surface area contributed by atoms with E-state index < -0.39 is 266 Å². The van der Waals surface area contributed by atoms with Crippen molar-refractivity contribution in [3.63, 3.8) is 0 Å². The molecule has 140 heavy (non-hydrogen) atoms. The summed E-state index contributed by atoms with van der Waals surface area (Å²) in [4.78, 5) is 269. The van der Waals surface area contributed by atoms with Crippen LogP contribution in [0.2, 0.25) is 0 Å². The van der Waals surface area contributed by atoms with Crippen molar-refractivity contribution < 1.29 is 312 Å². The molecule has 0 aromatic carbocycles. The number of carboxylic acids is 12. The molecule has 0 saturated carbocycles. The summed E-state index contributed by atoms with van der Waals surface area (Å²) in [6.45, 7) is -1.88. The smallest absolute Gasteiger partial charge is 0.549 e. The van der Waals surface area contributed by atoms with Crippen molar-refractivity contribution in [2.75, 3.05) is 334 Å². The molecule has 0 spiro atoms. The maximum atomic E-state index is 14.6. The predicted molar refractivity (Wildman–Crippen MR) is 466 cm³/mol. The van der Waals surface area contributed by atoms with Crippen molar-refractivity contribution in [3.05, 3.63) is 0 Å². The second-order valence-corrected chi connectivity index (χ2v) is 34.7. The van der Waals surface area contributed by atoms with Crippen LogP contribution in [-0.2, 0) is 91.1 Å². The maximum Gasteiger partial charge on any atom is 3.00 e. The van der Waals surface area contributed by atoms with Gasteiger partial charge < -0.3 is 122 Å². The van der Waals surface area contributed by atoms with Crippen molar-refractivity contribution in [1.29, 1.82) is 0 Å². The van der Waals surface area contributed by atoms with E-state index in [1.807, 2.05) is 0 Å². The third kappa shape index (κ3) is 59.7. The van der Waals surface area contributed by atoms with Crippen LogP contribution in [0.15, 0.2) is 0 Å². The van der Waals surface area contributed by atoms with Crippen LogP contribution in [0.4, 0.5) is 0 Å². The van der Waals surface area contributed by atoms with Gasteiger partial charge >= 0.3 is 196 Å². The van der Waals surface area contributed by atoms with Gasteiger partial charge in [0.05, 0.1) is 112 Å². The molecule has 12 N–H and O–H groups in total. The second kappa shape index (κ2) is 73.9. The molecular formula is C83H138Gd4N22O31+6. The summed E-state index contributed by atoms with van der Waals surface area (Å²) in [7, 11) is 0. The average Bonchev–Trinajstić information content (AvgIpc) is 1.22. The zero-order valence-electron chi connectivity index (χ0n) is 79.7. The van der Waals surface area contributed by atoms with E-state index in [0.717, 1.165) is 0 Å². The van der Waals surface area contributed by atoms with Crippen molar-refractivity contribution in [2.45, 2.75) is 77.5 Å². The van der Waals surface area contributed by atoms with Gasteiger partial charge in [-0.2, -0.15) is 0 Å². The van der Waals surface area contributed by atoms with Crippen molar-refractivity contribution >= 4 is 113 Å². The summed E-state index contributed by atoms with van der Waals surface area (Å²) >= 11 is 0. The number of carboxylic acid groups (broad SMARTS) is 12. The summed E-state index contributed by atoms with van der Waals surface area (Å²) in [6.07, 6.45) is -1.65. The molecule has 5 unspecified atom stereocenters. The zero-order valence-corrected chi connectivity index (χ0v) is 88.7. The number of Topliss-reactive ketones (excluding diaryl/α,β-unsaturated/α-hetero) is 2. The number of hydrogen-bond acceptors (Lipinski definition) is 42. The van der Waals surface area contributed by atoms with Crippen molar-refractivity contribution in [3.8, 4) is 0 Å². The maximum absolute atomic E-state index is 14.6. The monoisotopic (exact) mass is 2570 g/mol. The number of aliphatic carboxylic acids is 12. The first-order valence-corrected chi connectivity index (χ1v) is 45.5. The minimum atomic E-state index is -1.53. The molecule has 4 radical (unpaired) electrons. The van der Waals surface area contributed by atoms with Crippen molar-refractivity contribution in [1.82, 2.24) is 110 Å². The van der Waals surface area contributed by atoms with Gasteiger partial charge in [-0.25, -0.2) is 0 Å². The SMILES string of the molecule is CC(C(=O)CCC(=O)NCC(CCC(=O)CNC(=O)C(C)N1CCN(CC(=O)[O-])CCN(CC(=O)O)CCN(CC(=O)O)CC1)(CNCCNC(=O)C(C)N1CCN(CC(=O)[O-])CCN(CC(=O)O)CCN(CC(=O)O)CC1)CNC(=O)CNC(=O)C(C)N1CCN(CC(=O)[O-])CCN(CC(=O)[O-])CCN(CC(=O)O)CC1)N1CCN(CC(=O)[O-])CCN(CC(=O)[O-])CCN(CC(=O)O)CC1.[Gd+3].[Gd+3].[Gd+3].[Gd+3]. The first-order chi connectivity index (χ1) is 64.2.